The first kappa shape index (κ1) is 15.4. The molecule has 1 heterocycles. The predicted octanol–water partition coefficient (Wildman–Crippen LogP) is 2.79. The molecule has 0 aliphatic heterocycles. The zero-order valence-corrected chi connectivity index (χ0v) is 11.8. The van der Waals surface area contributed by atoms with Gasteiger partial charge in [0.1, 0.15) is 12.4 Å². The molecule has 0 radical (unpaired) electrons. The lowest BCUT2D eigenvalue weighted by Crippen LogP contribution is -2.08. The van der Waals surface area contributed by atoms with Crippen molar-refractivity contribution in [2.45, 2.75) is 33.3 Å². The molecule has 0 aromatic carbocycles. The predicted molar refractivity (Wildman–Crippen MR) is 76.5 cm³/mol. The molecular formula is C14H23N3O2. The number of rotatable bonds is 10. The number of nitrogens with zero attached hydrogens (tertiary/aromatic N) is 2. The third kappa shape index (κ3) is 6.20. The molecule has 0 bridgehead atoms. The Balaban J connectivity index is 2.72. The summed E-state index contributed by atoms with van der Waals surface area (Å²) in [5, 5.41) is 3.24. The molecule has 1 rings (SSSR count). The van der Waals surface area contributed by atoms with Gasteiger partial charge in [0.15, 0.2) is 5.82 Å². The molecule has 5 nitrogen and oxygen atoms in total. The summed E-state index contributed by atoms with van der Waals surface area (Å²) in [6.07, 6.45) is 3.65. The van der Waals surface area contributed by atoms with E-state index in [9.17, 15) is 0 Å². The van der Waals surface area contributed by atoms with Crippen molar-refractivity contribution in [1.82, 2.24) is 9.97 Å². The van der Waals surface area contributed by atoms with Crippen LogP contribution in [0.1, 0.15) is 32.5 Å². The summed E-state index contributed by atoms with van der Waals surface area (Å²) in [5.74, 6) is 1.99. The van der Waals surface area contributed by atoms with Crippen LogP contribution >= 0.6 is 0 Å². The SMILES string of the molecule is C=CCCOc1cc(NCCC)nc(COCC)n1. The maximum Gasteiger partial charge on any atom is 0.218 e. The summed E-state index contributed by atoms with van der Waals surface area (Å²) in [4.78, 5) is 8.71. The molecule has 0 saturated heterocycles. The van der Waals surface area contributed by atoms with E-state index in [1.807, 2.05) is 19.1 Å². The molecular weight excluding hydrogens is 242 g/mol. The number of ether oxygens (including phenoxy) is 2. The van der Waals surface area contributed by atoms with Gasteiger partial charge >= 0.3 is 0 Å². The fourth-order valence-corrected chi connectivity index (χ4v) is 1.40. The number of anilines is 1. The van der Waals surface area contributed by atoms with Crippen molar-refractivity contribution in [2.24, 2.45) is 0 Å². The van der Waals surface area contributed by atoms with Crippen LogP contribution in [0.15, 0.2) is 18.7 Å². The molecule has 0 spiro atoms. The van der Waals surface area contributed by atoms with E-state index < -0.39 is 0 Å². The normalized spacial score (nSPS) is 10.2. The molecule has 0 atom stereocenters. The summed E-state index contributed by atoms with van der Waals surface area (Å²) in [6, 6.07) is 1.81. The quantitative estimate of drug-likeness (QED) is 0.521. The van der Waals surface area contributed by atoms with Crippen LogP contribution < -0.4 is 10.1 Å². The van der Waals surface area contributed by atoms with Gasteiger partial charge in [0.25, 0.3) is 0 Å². The van der Waals surface area contributed by atoms with Crippen molar-refractivity contribution in [2.75, 3.05) is 25.1 Å². The highest BCUT2D eigenvalue weighted by Crippen LogP contribution is 2.14. The molecule has 0 amide bonds. The third-order valence-corrected chi connectivity index (χ3v) is 2.31. The van der Waals surface area contributed by atoms with E-state index in [2.05, 4.69) is 28.8 Å². The first-order valence-electron chi connectivity index (χ1n) is 6.73. The number of hydrogen-bond acceptors (Lipinski definition) is 5. The first-order chi connectivity index (χ1) is 9.30. The Morgan fingerprint density at radius 2 is 2.21 bits per heavy atom. The van der Waals surface area contributed by atoms with Crippen LogP contribution in [0.5, 0.6) is 5.88 Å². The van der Waals surface area contributed by atoms with Crippen LogP contribution in [0.25, 0.3) is 0 Å². The monoisotopic (exact) mass is 265 g/mol. The van der Waals surface area contributed by atoms with E-state index in [1.54, 1.807) is 0 Å². The minimum absolute atomic E-state index is 0.399. The van der Waals surface area contributed by atoms with Crippen molar-refractivity contribution in [3.63, 3.8) is 0 Å². The van der Waals surface area contributed by atoms with E-state index in [0.717, 1.165) is 25.2 Å². The minimum atomic E-state index is 0.399. The molecule has 1 aromatic rings. The second-order valence-corrected chi connectivity index (χ2v) is 4.00. The molecule has 0 aliphatic carbocycles. The second kappa shape index (κ2) is 9.33. The highest BCUT2D eigenvalue weighted by Gasteiger charge is 2.05. The number of hydrogen-bond donors (Lipinski definition) is 1. The van der Waals surface area contributed by atoms with Crippen LogP contribution in [0, 0.1) is 0 Å². The smallest absolute Gasteiger partial charge is 0.218 e. The average molecular weight is 265 g/mol. The largest absolute Gasteiger partial charge is 0.477 e. The van der Waals surface area contributed by atoms with Gasteiger partial charge in [0.2, 0.25) is 5.88 Å². The Kier molecular flexibility index (Phi) is 7.58. The summed E-state index contributed by atoms with van der Waals surface area (Å²) in [6.45, 7) is 10.2. The van der Waals surface area contributed by atoms with Gasteiger partial charge in [-0.3, -0.25) is 0 Å². The topological polar surface area (TPSA) is 56.3 Å². The highest BCUT2D eigenvalue weighted by molar-refractivity contribution is 5.38. The summed E-state index contributed by atoms with van der Waals surface area (Å²) in [5.41, 5.74) is 0. The van der Waals surface area contributed by atoms with E-state index >= 15 is 0 Å². The van der Waals surface area contributed by atoms with Crippen LogP contribution in [-0.4, -0.2) is 29.7 Å². The van der Waals surface area contributed by atoms with Crippen LogP contribution in [0.2, 0.25) is 0 Å². The Bertz CT molecular complexity index is 357. The molecule has 0 saturated carbocycles. The maximum atomic E-state index is 5.57. The highest BCUT2D eigenvalue weighted by atomic mass is 16.5. The van der Waals surface area contributed by atoms with E-state index in [1.165, 1.54) is 0 Å². The van der Waals surface area contributed by atoms with Crippen molar-refractivity contribution < 1.29 is 9.47 Å². The number of aromatic nitrogens is 2. The fourth-order valence-electron chi connectivity index (χ4n) is 1.40. The standard InChI is InChI=1S/C14H23N3O2/c1-4-7-9-19-14-10-12(15-8-5-2)16-13(17-14)11-18-6-3/h4,10H,1,5-9,11H2,2-3H3,(H,15,16,17). The van der Waals surface area contributed by atoms with Gasteiger partial charge < -0.3 is 14.8 Å². The average Bonchev–Trinajstić information content (AvgIpc) is 2.43. The van der Waals surface area contributed by atoms with Crippen LogP contribution in [0.3, 0.4) is 0 Å². The lowest BCUT2D eigenvalue weighted by atomic mass is 10.4. The van der Waals surface area contributed by atoms with E-state index in [0.29, 0.717) is 31.5 Å². The molecule has 0 aliphatic rings. The molecule has 0 fully saturated rings. The Morgan fingerprint density at radius 1 is 1.37 bits per heavy atom. The second-order valence-electron chi connectivity index (χ2n) is 4.00. The van der Waals surface area contributed by atoms with E-state index in [4.69, 9.17) is 9.47 Å². The molecule has 0 unspecified atom stereocenters. The van der Waals surface area contributed by atoms with E-state index in [-0.39, 0.29) is 0 Å². The van der Waals surface area contributed by atoms with Gasteiger partial charge in [0.05, 0.1) is 6.61 Å². The zero-order chi connectivity index (χ0) is 13.9. The van der Waals surface area contributed by atoms with Gasteiger partial charge in [-0.05, 0) is 19.8 Å². The molecule has 1 N–H and O–H groups in total. The Morgan fingerprint density at radius 3 is 2.89 bits per heavy atom. The first-order valence-corrected chi connectivity index (χ1v) is 6.73. The molecule has 1 aromatic heterocycles. The summed E-state index contributed by atoms with van der Waals surface area (Å²) < 4.78 is 10.9. The van der Waals surface area contributed by atoms with Crippen LogP contribution in [0.4, 0.5) is 5.82 Å². The van der Waals surface area contributed by atoms with Crippen LogP contribution in [-0.2, 0) is 11.3 Å². The van der Waals surface area contributed by atoms with Gasteiger partial charge in [-0.25, -0.2) is 4.98 Å². The van der Waals surface area contributed by atoms with Crippen molar-refractivity contribution in [1.29, 1.82) is 0 Å². The molecule has 5 heteroatoms. The third-order valence-electron chi connectivity index (χ3n) is 2.31. The molecule has 106 valence electrons. The van der Waals surface area contributed by atoms with Crippen molar-refractivity contribution in [3.05, 3.63) is 24.5 Å². The van der Waals surface area contributed by atoms with Gasteiger partial charge in [-0.15, -0.1) is 6.58 Å². The van der Waals surface area contributed by atoms with Crippen molar-refractivity contribution in [3.8, 4) is 5.88 Å². The Hall–Kier alpha value is -1.62. The lowest BCUT2D eigenvalue weighted by molar-refractivity contribution is 0.127. The minimum Gasteiger partial charge on any atom is -0.477 e. The van der Waals surface area contributed by atoms with Gasteiger partial charge in [-0.1, -0.05) is 13.0 Å². The summed E-state index contributed by atoms with van der Waals surface area (Å²) >= 11 is 0. The van der Waals surface area contributed by atoms with Gasteiger partial charge in [-0.2, -0.15) is 4.98 Å². The fraction of sp³-hybridized carbons (Fsp3) is 0.571. The zero-order valence-electron chi connectivity index (χ0n) is 11.8. The Labute approximate surface area is 115 Å². The van der Waals surface area contributed by atoms with Crippen molar-refractivity contribution >= 4 is 5.82 Å². The maximum absolute atomic E-state index is 5.57. The molecule has 19 heavy (non-hydrogen) atoms. The summed E-state index contributed by atoms with van der Waals surface area (Å²) in [7, 11) is 0. The van der Waals surface area contributed by atoms with Gasteiger partial charge in [0, 0.05) is 19.2 Å². The lowest BCUT2D eigenvalue weighted by Gasteiger charge is -2.10. The number of nitrogens with one attached hydrogen (secondary N) is 1.